The van der Waals surface area contributed by atoms with Crippen molar-refractivity contribution in [2.45, 2.75) is 38.2 Å². The van der Waals surface area contributed by atoms with E-state index in [0.717, 1.165) is 11.1 Å². The molecule has 0 aliphatic rings. The van der Waals surface area contributed by atoms with E-state index in [-0.39, 0.29) is 10.8 Å². The van der Waals surface area contributed by atoms with E-state index in [1.807, 2.05) is 39.0 Å². The van der Waals surface area contributed by atoms with E-state index in [9.17, 15) is 13.2 Å². The molecule has 0 saturated heterocycles. The molecular weight excluding hydrogens is 440 g/mol. The second-order valence-corrected chi connectivity index (χ2v) is 9.29. The Morgan fingerprint density at radius 1 is 0.879 bits per heavy atom. The number of aryl methyl sites for hydroxylation is 2. The molecule has 0 saturated carbocycles. The first-order chi connectivity index (χ1) is 15.7. The molecule has 0 heterocycles. The Balaban J connectivity index is 1.65. The highest BCUT2D eigenvalue weighted by atomic mass is 32.2. The number of rotatable bonds is 9. The number of amides is 1. The number of benzene rings is 3. The van der Waals surface area contributed by atoms with Gasteiger partial charge in [0.15, 0.2) is 6.10 Å². The van der Waals surface area contributed by atoms with Crippen molar-refractivity contribution in [2.24, 2.45) is 0 Å². The zero-order valence-electron chi connectivity index (χ0n) is 19.1. The van der Waals surface area contributed by atoms with Gasteiger partial charge in [-0.2, -0.15) is 0 Å². The van der Waals surface area contributed by atoms with Gasteiger partial charge in [-0.3, -0.25) is 9.52 Å². The highest BCUT2D eigenvalue weighted by molar-refractivity contribution is 7.92. The number of anilines is 2. The lowest BCUT2D eigenvalue weighted by molar-refractivity contribution is -0.122. The normalized spacial score (nSPS) is 12.0. The maximum atomic E-state index is 12.7. The van der Waals surface area contributed by atoms with E-state index in [4.69, 9.17) is 9.47 Å². The summed E-state index contributed by atoms with van der Waals surface area (Å²) in [5, 5.41) is 2.79. The standard InChI is InChI=1S/C25H28N2O5S/c1-5-24(32-22-11-6-17(2)18(3)16-22)25(28)26-19-9-14-23(15-10-19)33(29,30)27-20-7-12-21(31-4)13-8-20/h6-16,24,27H,5H2,1-4H3,(H,26,28)/t24-/m0/s1. The van der Waals surface area contributed by atoms with Gasteiger partial charge in [0, 0.05) is 11.4 Å². The van der Waals surface area contributed by atoms with Crippen LogP contribution in [0.25, 0.3) is 0 Å². The molecule has 174 valence electrons. The van der Waals surface area contributed by atoms with Gasteiger partial charge in [0.05, 0.1) is 12.0 Å². The number of ether oxygens (including phenoxy) is 2. The van der Waals surface area contributed by atoms with Gasteiger partial charge in [-0.1, -0.05) is 13.0 Å². The van der Waals surface area contributed by atoms with Crippen molar-refractivity contribution in [3.05, 3.63) is 77.9 Å². The van der Waals surface area contributed by atoms with Crippen LogP contribution in [-0.2, 0) is 14.8 Å². The molecule has 0 spiro atoms. The minimum atomic E-state index is -3.78. The van der Waals surface area contributed by atoms with Crippen LogP contribution >= 0.6 is 0 Å². The summed E-state index contributed by atoms with van der Waals surface area (Å²) in [6.45, 7) is 5.87. The predicted molar refractivity (Wildman–Crippen MR) is 129 cm³/mol. The summed E-state index contributed by atoms with van der Waals surface area (Å²) in [7, 11) is -2.24. The van der Waals surface area contributed by atoms with Crippen LogP contribution in [0.1, 0.15) is 24.5 Å². The molecule has 0 aromatic heterocycles. The Morgan fingerprint density at radius 3 is 2.06 bits per heavy atom. The molecule has 0 aliphatic heterocycles. The average Bonchev–Trinajstić information content (AvgIpc) is 2.80. The van der Waals surface area contributed by atoms with Crippen molar-refractivity contribution in [3.63, 3.8) is 0 Å². The smallest absolute Gasteiger partial charge is 0.265 e. The summed E-state index contributed by atoms with van der Waals surface area (Å²) in [6, 6.07) is 18.2. The van der Waals surface area contributed by atoms with E-state index in [1.54, 1.807) is 36.4 Å². The van der Waals surface area contributed by atoms with Gasteiger partial charge in [0.1, 0.15) is 11.5 Å². The molecule has 0 unspecified atom stereocenters. The minimum Gasteiger partial charge on any atom is -0.497 e. The Morgan fingerprint density at radius 2 is 1.48 bits per heavy atom. The fourth-order valence-electron chi connectivity index (χ4n) is 3.09. The van der Waals surface area contributed by atoms with Gasteiger partial charge in [0.2, 0.25) is 0 Å². The van der Waals surface area contributed by atoms with Crippen LogP contribution in [0.5, 0.6) is 11.5 Å². The molecular formula is C25H28N2O5S. The van der Waals surface area contributed by atoms with E-state index in [0.29, 0.717) is 29.3 Å². The molecule has 3 aromatic rings. The summed E-state index contributed by atoms with van der Waals surface area (Å²) in [6.07, 6.45) is -0.191. The van der Waals surface area contributed by atoms with E-state index in [2.05, 4.69) is 10.0 Å². The Kier molecular flexibility index (Phi) is 7.60. The number of hydrogen-bond acceptors (Lipinski definition) is 5. The van der Waals surface area contributed by atoms with Crippen molar-refractivity contribution >= 4 is 27.3 Å². The summed E-state index contributed by atoms with van der Waals surface area (Å²) >= 11 is 0. The van der Waals surface area contributed by atoms with Crippen molar-refractivity contribution < 1.29 is 22.7 Å². The van der Waals surface area contributed by atoms with Gasteiger partial charge in [-0.25, -0.2) is 8.42 Å². The van der Waals surface area contributed by atoms with Gasteiger partial charge in [0.25, 0.3) is 15.9 Å². The van der Waals surface area contributed by atoms with Gasteiger partial charge < -0.3 is 14.8 Å². The van der Waals surface area contributed by atoms with Crippen LogP contribution in [0.4, 0.5) is 11.4 Å². The quantitative estimate of drug-likeness (QED) is 0.465. The molecule has 1 atom stereocenters. The third-order valence-electron chi connectivity index (χ3n) is 5.19. The molecule has 3 rings (SSSR count). The molecule has 0 bridgehead atoms. The van der Waals surface area contributed by atoms with Gasteiger partial charge in [-0.05, 0) is 92.1 Å². The predicted octanol–water partition coefficient (Wildman–Crippen LogP) is 4.91. The lowest BCUT2D eigenvalue weighted by atomic mass is 10.1. The zero-order valence-corrected chi connectivity index (χ0v) is 19.9. The van der Waals surface area contributed by atoms with Crippen molar-refractivity contribution in [1.82, 2.24) is 0 Å². The molecule has 8 heteroatoms. The van der Waals surface area contributed by atoms with Crippen LogP contribution in [-0.4, -0.2) is 27.5 Å². The number of carbonyl (C=O) groups is 1. The Labute approximate surface area is 194 Å². The molecule has 3 aromatic carbocycles. The topological polar surface area (TPSA) is 93.7 Å². The van der Waals surface area contributed by atoms with Crippen LogP contribution in [0.2, 0.25) is 0 Å². The van der Waals surface area contributed by atoms with E-state index >= 15 is 0 Å². The molecule has 0 aliphatic carbocycles. The number of sulfonamides is 1. The lowest BCUT2D eigenvalue weighted by Crippen LogP contribution is -2.32. The molecule has 7 nitrogen and oxygen atoms in total. The third-order valence-corrected chi connectivity index (χ3v) is 6.59. The first-order valence-corrected chi connectivity index (χ1v) is 12.0. The summed E-state index contributed by atoms with van der Waals surface area (Å²) in [5.41, 5.74) is 3.13. The molecule has 2 N–H and O–H groups in total. The second kappa shape index (κ2) is 10.4. The molecule has 1 amide bonds. The maximum absolute atomic E-state index is 12.7. The average molecular weight is 469 g/mol. The van der Waals surface area contributed by atoms with Crippen LogP contribution in [0.3, 0.4) is 0 Å². The van der Waals surface area contributed by atoms with Crippen LogP contribution in [0, 0.1) is 13.8 Å². The summed E-state index contributed by atoms with van der Waals surface area (Å²) in [4.78, 5) is 12.8. The zero-order chi connectivity index (χ0) is 24.0. The van der Waals surface area contributed by atoms with Gasteiger partial charge >= 0.3 is 0 Å². The van der Waals surface area contributed by atoms with Crippen molar-refractivity contribution in [3.8, 4) is 11.5 Å². The third kappa shape index (κ3) is 6.26. The monoisotopic (exact) mass is 468 g/mol. The summed E-state index contributed by atoms with van der Waals surface area (Å²) in [5.74, 6) is 0.957. The van der Waals surface area contributed by atoms with Crippen molar-refractivity contribution in [2.75, 3.05) is 17.1 Å². The summed E-state index contributed by atoms with van der Waals surface area (Å²) < 4.78 is 38.8. The molecule has 33 heavy (non-hydrogen) atoms. The lowest BCUT2D eigenvalue weighted by Gasteiger charge is -2.18. The van der Waals surface area contributed by atoms with Crippen LogP contribution in [0.15, 0.2) is 71.6 Å². The fourth-order valence-corrected chi connectivity index (χ4v) is 4.15. The number of methoxy groups -OCH3 is 1. The number of carbonyl (C=O) groups excluding carboxylic acids is 1. The highest BCUT2D eigenvalue weighted by Gasteiger charge is 2.20. The SMILES string of the molecule is CC[C@H](Oc1ccc(C)c(C)c1)C(=O)Nc1ccc(S(=O)(=O)Nc2ccc(OC)cc2)cc1. The second-order valence-electron chi connectivity index (χ2n) is 7.61. The number of hydrogen-bond donors (Lipinski definition) is 2. The minimum absolute atomic E-state index is 0.0785. The highest BCUT2D eigenvalue weighted by Crippen LogP contribution is 2.22. The van der Waals surface area contributed by atoms with Crippen LogP contribution < -0.4 is 19.5 Å². The number of nitrogens with one attached hydrogen (secondary N) is 2. The van der Waals surface area contributed by atoms with Gasteiger partial charge in [-0.15, -0.1) is 0 Å². The Hall–Kier alpha value is -3.52. The first-order valence-electron chi connectivity index (χ1n) is 10.5. The fraction of sp³-hybridized carbons (Fsp3) is 0.240. The Bertz CT molecular complexity index is 1210. The largest absolute Gasteiger partial charge is 0.497 e. The van der Waals surface area contributed by atoms with E-state index in [1.165, 1.54) is 19.2 Å². The maximum Gasteiger partial charge on any atom is 0.265 e. The first kappa shape index (κ1) is 24.1. The molecule has 0 radical (unpaired) electrons. The van der Waals surface area contributed by atoms with E-state index < -0.39 is 16.1 Å². The van der Waals surface area contributed by atoms with Crippen molar-refractivity contribution in [1.29, 1.82) is 0 Å². The molecule has 0 fully saturated rings.